The van der Waals surface area contributed by atoms with Crippen LogP contribution in [0.15, 0.2) is 24.4 Å². The number of aromatic nitrogens is 3. The Labute approximate surface area is 93.4 Å². The van der Waals surface area contributed by atoms with Gasteiger partial charge < -0.3 is 10.1 Å². The molecule has 1 unspecified atom stereocenters. The van der Waals surface area contributed by atoms with E-state index in [-0.39, 0.29) is 6.04 Å². The third kappa shape index (κ3) is 1.58. The molecule has 0 saturated carbocycles. The van der Waals surface area contributed by atoms with Gasteiger partial charge in [-0.2, -0.15) is 0 Å². The topological polar surface area (TPSA) is 51.5 Å². The lowest BCUT2D eigenvalue weighted by Crippen LogP contribution is -2.47. The summed E-state index contributed by atoms with van der Waals surface area (Å²) in [5.74, 6) is 0.947. The molecule has 0 amide bonds. The number of rotatable bonds is 3. The summed E-state index contributed by atoms with van der Waals surface area (Å²) >= 11 is 0. The van der Waals surface area contributed by atoms with Crippen molar-refractivity contribution in [3.8, 4) is 0 Å². The van der Waals surface area contributed by atoms with Crippen molar-refractivity contribution < 1.29 is 4.74 Å². The van der Waals surface area contributed by atoms with Gasteiger partial charge in [0.05, 0.1) is 25.3 Å². The Kier molecular flexibility index (Phi) is 2.34. The number of hydrogen-bond donors (Lipinski definition) is 1. The quantitative estimate of drug-likeness (QED) is 0.827. The molecule has 1 saturated heterocycles. The zero-order chi connectivity index (χ0) is 11.0. The molecule has 84 valence electrons. The van der Waals surface area contributed by atoms with Crippen molar-refractivity contribution in [2.45, 2.75) is 19.0 Å². The standard InChI is InChI=1S/C11H14N4O/c1-8(12-9-6-16-7-9)11-14-13-10-4-2-3-5-15(10)11/h2-5,8-9,12H,6-7H2,1H3. The fourth-order valence-electron chi connectivity index (χ4n) is 1.92. The van der Waals surface area contributed by atoms with Gasteiger partial charge in [0.15, 0.2) is 11.5 Å². The molecule has 0 spiro atoms. The zero-order valence-electron chi connectivity index (χ0n) is 9.13. The van der Waals surface area contributed by atoms with Gasteiger partial charge in [0.2, 0.25) is 0 Å². The van der Waals surface area contributed by atoms with Crippen LogP contribution in [0, 0.1) is 0 Å². The number of pyridine rings is 1. The van der Waals surface area contributed by atoms with Crippen molar-refractivity contribution in [3.05, 3.63) is 30.2 Å². The van der Waals surface area contributed by atoms with Crippen LogP contribution in [-0.4, -0.2) is 33.9 Å². The largest absolute Gasteiger partial charge is 0.378 e. The van der Waals surface area contributed by atoms with Crippen LogP contribution in [0.4, 0.5) is 0 Å². The van der Waals surface area contributed by atoms with Crippen LogP contribution in [0.3, 0.4) is 0 Å². The number of nitrogens with one attached hydrogen (secondary N) is 1. The maximum Gasteiger partial charge on any atom is 0.160 e. The molecule has 16 heavy (non-hydrogen) atoms. The molecule has 2 aromatic rings. The first-order valence-corrected chi connectivity index (χ1v) is 5.48. The molecule has 0 bridgehead atoms. The Balaban J connectivity index is 1.86. The lowest BCUT2D eigenvalue weighted by Gasteiger charge is -2.29. The third-order valence-corrected chi connectivity index (χ3v) is 2.85. The molecule has 1 atom stereocenters. The molecule has 0 aliphatic carbocycles. The fraction of sp³-hybridized carbons (Fsp3) is 0.455. The highest BCUT2D eigenvalue weighted by molar-refractivity contribution is 5.37. The van der Waals surface area contributed by atoms with Gasteiger partial charge >= 0.3 is 0 Å². The highest BCUT2D eigenvalue weighted by Gasteiger charge is 2.22. The van der Waals surface area contributed by atoms with Gasteiger partial charge in [0.25, 0.3) is 0 Å². The van der Waals surface area contributed by atoms with Crippen molar-refractivity contribution >= 4 is 5.65 Å². The van der Waals surface area contributed by atoms with E-state index in [1.165, 1.54) is 0 Å². The number of hydrogen-bond acceptors (Lipinski definition) is 4. The van der Waals surface area contributed by atoms with Crippen molar-refractivity contribution in [1.82, 2.24) is 19.9 Å². The van der Waals surface area contributed by atoms with Crippen LogP contribution in [-0.2, 0) is 4.74 Å². The third-order valence-electron chi connectivity index (χ3n) is 2.85. The van der Waals surface area contributed by atoms with Crippen LogP contribution in [0.25, 0.3) is 5.65 Å². The lowest BCUT2D eigenvalue weighted by atomic mass is 10.2. The molecule has 2 aromatic heterocycles. The Morgan fingerprint density at radius 2 is 2.31 bits per heavy atom. The van der Waals surface area contributed by atoms with Gasteiger partial charge in [-0.1, -0.05) is 6.07 Å². The Morgan fingerprint density at radius 3 is 3.06 bits per heavy atom. The van der Waals surface area contributed by atoms with Crippen molar-refractivity contribution in [2.75, 3.05) is 13.2 Å². The molecular formula is C11H14N4O. The SMILES string of the molecule is CC(NC1COC1)c1nnc2ccccn12. The second-order valence-corrected chi connectivity index (χ2v) is 4.11. The van der Waals surface area contributed by atoms with E-state index < -0.39 is 0 Å². The van der Waals surface area contributed by atoms with Gasteiger partial charge in [-0.15, -0.1) is 10.2 Å². The van der Waals surface area contributed by atoms with E-state index in [0.717, 1.165) is 24.7 Å². The summed E-state index contributed by atoms with van der Waals surface area (Å²) in [6.07, 6.45) is 1.99. The first-order valence-electron chi connectivity index (χ1n) is 5.48. The summed E-state index contributed by atoms with van der Waals surface area (Å²) < 4.78 is 7.15. The molecule has 3 heterocycles. The number of ether oxygens (including phenoxy) is 1. The van der Waals surface area contributed by atoms with E-state index in [9.17, 15) is 0 Å². The van der Waals surface area contributed by atoms with Gasteiger partial charge in [0, 0.05) is 6.20 Å². The van der Waals surface area contributed by atoms with Gasteiger partial charge in [-0.3, -0.25) is 4.40 Å². The summed E-state index contributed by atoms with van der Waals surface area (Å²) in [5, 5.41) is 11.8. The second-order valence-electron chi connectivity index (χ2n) is 4.11. The lowest BCUT2D eigenvalue weighted by molar-refractivity contribution is -0.00968. The smallest absolute Gasteiger partial charge is 0.160 e. The molecule has 0 aromatic carbocycles. The monoisotopic (exact) mass is 218 g/mol. The Morgan fingerprint density at radius 1 is 1.44 bits per heavy atom. The first-order chi connectivity index (χ1) is 7.84. The molecule has 1 fully saturated rings. The van der Waals surface area contributed by atoms with Crippen LogP contribution in [0.5, 0.6) is 0 Å². The van der Waals surface area contributed by atoms with Crippen LogP contribution < -0.4 is 5.32 Å². The summed E-state index contributed by atoms with van der Waals surface area (Å²) in [6, 6.07) is 6.54. The van der Waals surface area contributed by atoms with Crippen molar-refractivity contribution in [2.24, 2.45) is 0 Å². The van der Waals surface area contributed by atoms with Gasteiger partial charge in [0.1, 0.15) is 0 Å². The predicted molar refractivity (Wildman–Crippen MR) is 59.1 cm³/mol. The molecule has 1 aliphatic rings. The molecule has 5 heteroatoms. The maximum atomic E-state index is 5.14. The summed E-state index contributed by atoms with van der Waals surface area (Å²) in [4.78, 5) is 0. The summed E-state index contributed by atoms with van der Waals surface area (Å²) in [6.45, 7) is 3.68. The van der Waals surface area contributed by atoms with Crippen molar-refractivity contribution in [3.63, 3.8) is 0 Å². The van der Waals surface area contributed by atoms with Crippen LogP contribution in [0.2, 0.25) is 0 Å². The van der Waals surface area contributed by atoms with Crippen LogP contribution in [0.1, 0.15) is 18.8 Å². The average Bonchev–Trinajstić information content (AvgIpc) is 2.67. The first kappa shape index (κ1) is 9.74. The van der Waals surface area contributed by atoms with Crippen LogP contribution >= 0.6 is 0 Å². The minimum absolute atomic E-state index is 0.186. The molecule has 0 radical (unpaired) electrons. The van der Waals surface area contributed by atoms with Crippen molar-refractivity contribution in [1.29, 1.82) is 0 Å². The molecule has 5 nitrogen and oxygen atoms in total. The average molecular weight is 218 g/mol. The minimum Gasteiger partial charge on any atom is -0.378 e. The number of nitrogens with zero attached hydrogens (tertiary/aromatic N) is 3. The maximum absolute atomic E-state index is 5.14. The number of fused-ring (bicyclic) bond motifs is 1. The second kappa shape index (κ2) is 3.84. The molecule has 1 aliphatic heterocycles. The summed E-state index contributed by atoms with van der Waals surface area (Å²) in [7, 11) is 0. The highest BCUT2D eigenvalue weighted by Crippen LogP contribution is 2.14. The molecule has 1 N–H and O–H groups in total. The normalized spacial score (nSPS) is 18.6. The van der Waals surface area contributed by atoms with Gasteiger partial charge in [-0.05, 0) is 19.1 Å². The summed E-state index contributed by atoms with van der Waals surface area (Å²) in [5.41, 5.74) is 0.885. The minimum atomic E-state index is 0.186. The van der Waals surface area contributed by atoms with E-state index in [0.29, 0.717) is 6.04 Å². The van der Waals surface area contributed by atoms with E-state index in [1.807, 2.05) is 28.8 Å². The van der Waals surface area contributed by atoms with Gasteiger partial charge in [-0.25, -0.2) is 0 Å². The predicted octanol–water partition coefficient (Wildman–Crippen LogP) is 0.779. The molecule has 3 rings (SSSR count). The molecular weight excluding hydrogens is 204 g/mol. The van der Waals surface area contributed by atoms with E-state index in [1.54, 1.807) is 0 Å². The van der Waals surface area contributed by atoms with E-state index in [4.69, 9.17) is 4.74 Å². The van der Waals surface area contributed by atoms with E-state index in [2.05, 4.69) is 22.4 Å². The fourth-order valence-corrected chi connectivity index (χ4v) is 1.92. The zero-order valence-corrected chi connectivity index (χ0v) is 9.13. The van der Waals surface area contributed by atoms with E-state index >= 15 is 0 Å². The Hall–Kier alpha value is -1.46. The Bertz CT molecular complexity index is 491. The highest BCUT2D eigenvalue weighted by atomic mass is 16.5.